The van der Waals surface area contributed by atoms with E-state index in [0.29, 0.717) is 26.1 Å². The van der Waals surface area contributed by atoms with E-state index < -0.39 is 23.5 Å². The summed E-state index contributed by atoms with van der Waals surface area (Å²) in [5.74, 6) is -1.33. The van der Waals surface area contributed by atoms with E-state index in [1.165, 1.54) is 17.0 Å². The molecule has 3 aliphatic rings. The van der Waals surface area contributed by atoms with E-state index in [1.54, 1.807) is 16.7 Å². The SMILES string of the molecule is C[C@]1(COC(=O)N2CC(NC(=O)c3ccc(O)c(O)c3Cl)C2)CN2C(=O)C[C@H]2S1. The summed E-state index contributed by atoms with van der Waals surface area (Å²) in [6.45, 7) is 3.36. The van der Waals surface area contributed by atoms with E-state index in [-0.39, 0.29) is 39.3 Å². The Morgan fingerprint density at radius 3 is 2.76 bits per heavy atom. The highest BCUT2D eigenvalue weighted by Gasteiger charge is 2.51. The Kier molecular flexibility index (Phi) is 4.94. The predicted molar refractivity (Wildman–Crippen MR) is 105 cm³/mol. The fourth-order valence-corrected chi connectivity index (χ4v) is 5.33. The van der Waals surface area contributed by atoms with Gasteiger partial charge in [-0.05, 0) is 19.1 Å². The standard InChI is InChI=1S/C18H20ClN3O6S/c1-18(7-22-12(24)4-13(22)29-18)8-28-17(27)21-5-9(6-21)20-16(26)10-2-3-11(23)15(25)14(10)19/h2-3,9,13,23,25H,4-8H2,1H3,(H,20,26)/t13-,18-/m1/s1. The number of phenols is 2. The molecule has 0 saturated carbocycles. The fourth-order valence-electron chi connectivity index (χ4n) is 3.54. The van der Waals surface area contributed by atoms with Crippen LogP contribution in [0.3, 0.4) is 0 Å². The zero-order chi connectivity index (χ0) is 20.9. The minimum absolute atomic E-state index is 0.0355. The zero-order valence-electron chi connectivity index (χ0n) is 15.6. The molecule has 3 aliphatic heterocycles. The van der Waals surface area contributed by atoms with E-state index in [9.17, 15) is 24.6 Å². The number of benzene rings is 1. The number of fused-ring (bicyclic) bond motifs is 1. The van der Waals surface area contributed by atoms with E-state index in [1.807, 2.05) is 6.92 Å². The maximum Gasteiger partial charge on any atom is 0.409 e. The molecule has 1 aromatic carbocycles. The highest BCUT2D eigenvalue weighted by molar-refractivity contribution is 8.01. The lowest BCUT2D eigenvalue weighted by molar-refractivity contribution is -0.140. The fraction of sp³-hybridized carbons (Fsp3) is 0.500. The molecule has 3 amide bonds. The number of halogens is 1. The molecular weight excluding hydrogens is 422 g/mol. The van der Waals surface area contributed by atoms with Gasteiger partial charge < -0.3 is 30.1 Å². The highest BCUT2D eigenvalue weighted by Crippen LogP contribution is 2.46. The molecule has 3 fully saturated rings. The van der Waals surface area contributed by atoms with Gasteiger partial charge in [0.25, 0.3) is 5.91 Å². The third-order valence-electron chi connectivity index (χ3n) is 5.26. The maximum absolute atomic E-state index is 12.3. The molecular formula is C18H20ClN3O6S. The minimum Gasteiger partial charge on any atom is -0.504 e. The summed E-state index contributed by atoms with van der Waals surface area (Å²) in [5, 5.41) is 21.7. The molecule has 4 rings (SSSR count). The molecule has 0 aromatic heterocycles. The van der Waals surface area contributed by atoms with Crippen molar-refractivity contribution in [2.24, 2.45) is 0 Å². The van der Waals surface area contributed by atoms with Crippen molar-refractivity contribution in [1.82, 2.24) is 15.1 Å². The second kappa shape index (κ2) is 7.17. The van der Waals surface area contributed by atoms with Crippen LogP contribution in [0.2, 0.25) is 5.02 Å². The van der Waals surface area contributed by atoms with Crippen LogP contribution < -0.4 is 5.32 Å². The van der Waals surface area contributed by atoms with Gasteiger partial charge in [0.1, 0.15) is 6.61 Å². The first-order chi connectivity index (χ1) is 13.7. The third kappa shape index (κ3) is 3.66. The first kappa shape index (κ1) is 20.0. The molecule has 156 valence electrons. The van der Waals surface area contributed by atoms with Gasteiger partial charge in [0.05, 0.1) is 33.2 Å². The Balaban J connectivity index is 1.23. The summed E-state index contributed by atoms with van der Waals surface area (Å²) in [4.78, 5) is 39.3. The maximum atomic E-state index is 12.3. The quantitative estimate of drug-likeness (QED) is 0.476. The number of hydrogen-bond donors (Lipinski definition) is 3. The average molecular weight is 442 g/mol. The Bertz CT molecular complexity index is 893. The van der Waals surface area contributed by atoms with Crippen LogP contribution in [0.4, 0.5) is 4.79 Å². The van der Waals surface area contributed by atoms with Gasteiger partial charge in [-0.15, -0.1) is 11.8 Å². The number of nitrogens with zero attached hydrogens (tertiary/aromatic N) is 2. The van der Waals surface area contributed by atoms with Crippen molar-refractivity contribution in [2.75, 3.05) is 26.2 Å². The molecule has 3 N–H and O–H groups in total. The molecule has 29 heavy (non-hydrogen) atoms. The average Bonchev–Trinajstić information content (AvgIpc) is 2.92. The van der Waals surface area contributed by atoms with Gasteiger partial charge in [-0.3, -0.25) is 9.59 Å². The second-order valence-electron chi connectivity index (χ2n) is 7.67. The molecule has 3 heterocycles. The summed E-state index contributed by atoms with van der Waals surface area (Å²) in [6.07, 6.45) is 0.0862. The van der Waals surface area contributed by atoms with Crippen molar-refractivity contribution in [3.05, 3.63) is 22.7 Å². The van der Waals surface area contributed by atoms with Crippen LogP contribution in [-0.4, -0.2) is 80.3 Å². The number of rotatable bonds is 4. The first-order valence-corrected chi connectivity index (χ1v) is 10.3. The number of phenolic OH excluding ortho intramolecular Hbond substituents is 2. The van der Waals surface area contributed by atoms with E-state index in [2.05, 4.69) is 5.32 Å². The number of carbonyl (C=O) groups excluding carboxylic acids is 3. The molecule has 9 nitrogen and oxygen atoms in total. The monoisotopic (exact) mass is 441 g/mol. The Morgan fingerprint density at radius 1 is 1.38 bits per heavy atom. The summed E-state index contributed by atoms with van der Waals surface area (Å²) < 4.78 is 5.11. The molecule has 1 aromatic rings. The third-order valence-corrected chi connectivity index (χ3v) is 7.15. The number of ether oxygens (including phenoxy) is 1. The van der Waals surface area contributed by atoms with E-state index in [0.717, 1.165) is 0 Å². The van der Waals surface area contributed by atoms with Gasteiger partial charge >= 0.3 is 6.09 Å². The van der Waals surface area contributed by atoms with Crippen molar-refractivity contribution in [3.63, 3.8) is 0 Å². The van der Waals surface area contributed by atoms with Crippen molar-refractivity contribution < 1.29 is 29.3 Å². The number of likely N-dealkylation sites (tertiary alicyclic amines) is 1. The lowest BCUT2D eigenvalue weighted by Crippen LogP contribution is -2.61. The van der Waals surface area contributed by atoms with Crippen LogP contribution >= 0.6 is 23.4 Å². The highest BCUT2D eigenvalue weighted by atomic mass is 35.5. The normalized spacial score (nSPS) is 25.9. The zero-order valence-corrected chi connectivity index (χ0v) is 17.1. The lowest BCUT2D eigenvalue weighted by Gasteiger charge is -2.39. The summed E-state index contributed by atoms with van der Waals surface area (Å²) >= 11 is 7.54. The summed E-state index contributed by atoms with van der Waals surface area (Å²) in [7, 11) is 0. The summed E-state index contributed by atoms with van der Waals surface area (Å²) in [6, 6.07) is 2.22. The summed E-state index contributed by atoms with van der Waals surface area (Å²) in [5.41, 5.74) is 0.0355. The molecule has 0 spiro atoms. The molecule has 2 atom stereocenters. The van der Waals surface area contributed by atoms with Gasteiger partial charge in [0, 0.05) is 19.6 Å². The largest absolute Gasteiger partial charge is 0.504 e. The number of thioether (sulfide) groups is 1. The molecule has 11 heteroatoms. The van der Waals surface area contributed by atoms with Crippen molar-refractivity contribution in [3.8, 4) is 11.5 Å². The Morgan fingerprint density at radius 2 is 2.10 bits per heavy atom. The van der Waals surface area contributed by atoms with Crippen molar-refractivity contribution in [1.29, 1.82) is 0 Å². The first-order valence-electron chi connectivity index (χ1n) is 9.07. The number of β-lactam (4-membered cyclic amide) rings is 1. The number of amides is 3. The van der Waals surface area contributed by atoms with E-state index in [4.69, 9.17) is 16.3 Å². The molecule has 3 saturated heterocycles. The molecule has 0 bridgehead atoms. The van der Waals surface area contributed by atoms with E-state index >= 15 is 0 Å². The number of hydrogen-bond acceptors (Lipinski definition) is 7. The van der Waals surface area contributed by atoms with Crippen LogP contribution in [0.25, 0.3) is 0 Å². The Labute approximate surface area is 175 Å². The molecule has 0 radical (unpaired) electrons. The molecule has 0 unspecified atom stereocenters. The number of carbonyl (C=O) groups is 3. The van der Waals surface area contributed by atoms with Gasteiger partial charge in [-0.1, -0.05) is 11.6 Å². The van der Waals surface area contributed by atoms with Crippen LogP contribution in [0.5, 0.6) is 11.5 Å². The van der Waals surface area contributed by atoms with Crippen LogP contribution in [0.1, 0.15) is 23.7 Å². The Hall–Kier alpha value is -2.33. The van der Waals surface area contributed by atoms with Gasteiger partial charge in [-0.2, -0.15) is 0 Å². The second-order valence-corrected chi connectivity index (χ2v) is 9.82. The topological polar surface area (TPSA) is 119 Å². The van der Waals surface area contributed by atoms with Crippen LogP contribution in [0, 0.1) is 0 Å². The smallest absolute Gasteiger partial charge is 0.409 e. The van der Waals surface area contributed by atoms with Gasteiger partial charge in [0.15, 0.2) is 11.5 Å². The van der Waals surface area contributed by atoms with Crippen molar-refractivity contribution in [2.45, 2.75) is 29.5 Å². The van der Waals surface area contributed by atoms with Gasteiger partial charge in [-0.25, -0.2) is 4.79 Å². The number of aromatic hydroxyl groups is 2. The van der Waals surface area contributed by atoms with Crippen LogP contribution in [0.15, 0.2) is 12.1 Å². The minimum atomic E-state index is -0.553. The predicted octanol–water partition coefficient (Wildman–Crippen LogP) is 1.37. The number of nitrogens with one attached hydrogen (secondary N) is 1. The lowest BCUT2D eigenvalue weighted by atomic mass is 10.1. The van der Waals surface area contributed by atoms with Crippen LogP contribution in [-0.2, 0) is 9.53 Å². The van der Waals surface area contributed by atoms with Crippen molar-refractivity contribution >= 4 is 41.3 Å². The molecule has 0 aliphatic carbocycles. The van der Waals surface area contributed by atoms with Gasteiger partial charge in [0.2, 0.25) is 5.91 Å².